The molecule has 0 aromatic heterocycles. The molecule has 1 rings (SSSR count). The standard InChI is InChI=1S/C11H15FN2O5S/c1-19-8-3-2-7-13-20(17,18)10-6-4-5-9(12)11(10)14(15)16/h4-6,13H,2-3,7-8H2,1H3. The fourth-order valence-electron chi connectivity index (χ4n) is 1.55. The summed E-state index contributed by atoms with van der Waals surface area (Å²) in [4.78, 5) is 9.04. The molecular weight excluding hydrogens is 291 g/mol. The zero-order valence-corrected chi connectivity index (χ0v) is 11.7. The molecule has 20 heavy (non-hydrogen) atoms. The lowest BCUT2D eigenvalue weighted by molar-refractivity contribution is -0.390. The molecule has 9 heteroatoms. The summed E-state index contributed by atoms with van der Waals surface area (Å²) in [5, 5.41) is 10.8. The molecular formula is C11H15FN2O5S. The van der Waals surface area contributed by atoms with E-state index < -0.39 is 31.3 Å². The van der Waals surface area contributed by atoms with Gasteiger partial charge in [0, 0.05) is 20.3 Å². The number of nitrogens with zero attached hydrogens (tertiary/aromatic N) is 1. The van der Waals surface area contributed by atoms with Crippen molar-refractivity contribution < 1.29 is 22.5 Å². The summed E-state index contributed by atoms with van der Waals surface area (Å²) in [6.07, 6.45) is 1.15. The summed E-state index contributed by atoms with van der Waals surface area (Å²) in [6.45, 7) is 0.585. The van der Waals surface area contributed by atoms with Gasteiger partial charge in [-0.3, -0.25) is 10.1 Å². The highest BCUT2D eigenvalue weighted by Gasteiger charge is 2.28. The van der Waals surface area contributed by atoms with E-state index in [4.69, 9.17) is 4.74 Å². The van der Waals surface area contributed by atoms with Crippen molar-refractivity contribution in [2.75, 3.05) is 20.3 Å². The van der Waals surface area contributed by atoms with Crippen molar-refractivity contribution in [3.8, 4) is 0 Å². The van der Waals surface area contributed by atoms with E-state index in [0.29, 0.717) is 19.4 Å². The van der Waals surface area contributed by atoms with Crippen molar-refractivity contribution in [3.63, 3.8) is 0 Å². The number of nitrogens with one attached hydrogen (secondary N) is 1. The summed E-state index contributed by atoms with van der Waals surface area (Å²) in [6, 6.07) is 2.95. The Morgan fingerprint density at radius 3 is 2.70 bits per heavy atom. The number of nitro benzene ring substituents is 1. The van der Waals surface area contributed by atoms with Crippen LogP contribution >= 0.6 is 0 Å². The average molecular weight is 306 g/mol. The third-order valence-corrected chi connectivity index (χ3v) is 3.98. The molecule has 0 spiro atoms. The van der Waals surface area contributed by atoms with E-state index in [9.17, 15) is 22.9 Å². The topological polar surface area (TPSA) is 98.5 Å². The Hall–Kier alpha value is -1.58. The van der Waals surface area contributed by atoms with Crippen LogP contribution in [0.4, 0.5) is 10.1 Å². The van der Waals surface area contributed by atoms with E-state index in [1.807, 2.05) is 0 Å². The fraction of sp³-hybridized carbons (Fsp3) is 0.455. The average Bonchev–Trinajstić information content (AvgIpc) is 2.37. The minimum atomic E-state index is -4.12. The second kappa shape index (κ2) is 7.27. The number of methoxy groups -OCH3 is 1. The Balaban J connectivity index is 2.88. The van der Waals surface area contributed by atoms with Crippen LogP contribution in [0.15, 0.2) is 23.1 Å². The van der Waals surface area contributed by atoms with Gasteiger partial charge in [0.05, 0.1) is 4.92 Å². The highest BCUT2D eigenvalue weighted by molar-refractivity contribution is 7.89. The molecule has 0 aliphatic rings. The molecule has 0 unspecified atom stereocenters. The van der Waals surface area contributed by atoms with Crippen LogP contribution in [0.3, 0.4) is 0 Å². The van der Waals surface area contributed by atoms with Crippen molar-refractivity contribution in [3.05, 3.63) is 34.1 Å². The highest BCUT2D eigenvalue weighted by Crippen LogP contribution is 2.26. The molecule has 0 aliphatic heterocycles. The minimum absolute atomic E-state index is 0.0966. The molecule has 1 aromatic rings. The van der Waals surface area contributed by atoms with E-state index >= 15 is 0 Å². The summed E-state index contributed by atoms with van der Waals surface area (Å²) >= 11 is 0. The zero-order chi connectivity index (χ0) is 15.2. The van der Waals surface area contributed by atoms with Crippen molar-refractivity contribution in [1.29, 1.82) is 0 Å². The third-order valence-electron chi connectivity index (χ3n) is 2.49. The number of benzene rings is 1. The van der Waals surface area contributed by atoms with Crippen molar-refractivity contribution >= 4 is 15.7 Å². The Morgan fingerprint density at radius 1 is 1.40 bits per heavy atom. The largest absolute Gasteiger partial charge is 0.385 e. The highest BCUT2D eigenvalue weighted by atomic mass is 32.2. The van der Waals surface area contributed by atoms with Crippen LogP contribution in [0, 0.1) is 15.9 Å². The van der Waals surface area contributed by atoms with Gasteiger partial charge in [-0.15, -0.1) is 0 Å². The predicted octanol–water partition coefficient (Wildman–Crippen LogP) is 1.44. The SMILES string of the molecule is COCCCCNS(=O)(=O)c1cccc(F)c1[N+](=O)[O-]. The summed E-state index contributed by atoms with van der Waals surface area (Å²) in [5.74, 6) is -1.18. The number of rotatable bonds is 8. The molecule has 0 amide bonds. The Kier molecular flexibility index (Phi) is 5.99. The normalized spacial score (nSPS) is 11.5. The van der Waals surface area contributed by atoms with Gasteiger partial charge >= 0.3 is 5.69 Å². The van der Waals surface area contributed by atoms with E-state index in [2.05, 4.69) is 4.72 Å². The summed E-state index contributed by atoms with van der Waals surface area (Å²) in [7, 11) is -2.59. The molecule has 0 bridgehead atoms. The predicted molar refractivity (Wildman–Crippen MR) is 69.4 cm³/mol. The lowest BCUT2D eigenvalue weighted by Crippen LogP contribution is -2.26. The van der Waals surface area contributed by atoms with Gasteiger partial charge in [-0.05, 0) is 25.0 Å². The number of hydrogen-bond acceptors (Lipinski definition) is 5. The minimum Gasteiger partial charge on any atom is -0.385 e. The van der Waals surface area contributed by atoms with Gasteiger partial charge in [0.2, 0.25) is 15.8 Å². The van der Waals surface area contributed by atoms with Crippen LogP contribution in [-0.4, -0.2) is 33.6 Å². The van der Waals surface area contributed by atoms with E-state index in [0.717, 1.165) is 18.2 Å². The number of hydrogen-bond donors (Lipinski definition) is 1. The van der Waals surface area contributed by atoms with E-state index in [1.165, 1.54) is 7.11 Å². The second-order valence-electron chi connectivity index (χ2n) is 3.94. The smallest absolute Gasteiger partial charge is 0.324 e. The monoisotopic (exact) mass is 306 g/mol. The number of para-hydroxylation sites is 1. The lowest BCUT2D eigenvalue weighted by Gasteiger charge is -2.07. The van der Waals surface area contributed by atoms with E-state index in [-0.39, 0.29) is 6.54 Å². The molecule has 7 nitrogen and oxygen atoms in total. The van der Waals surface area contributed by atoms with Crippen LogP contribution in [0.25, 0.3) is 0 Å². The lowest BCUT2D eigenvalue weighted by atomic mass is 10.3. The van der Waals surface area contributed by atoms with Gasteiger partial charge in [-0.1, -0.05) is 6.07 Å². The number of sulfonamides is 1. The van der Waals surface area contributed by atoms with Gasteiger partial charge in [0.25, 0.3) is 0 Å². The van der Waals surface area contributed by atoms with E-state index in [1.54, 1.807) is 0 Å². The van der Waals surface area contributed by atoms with Crippen molar-refractivity contribution in [1.82, 2.24) is 4.72 Å². The molecule has 0 saturated heterocycles. The van der Waals surface area contributed by atoms with Gasteiger partial charge in [-0.2, -0.15) is 4.39 Å². The van der Waals surface area contributed by atoms with Gasteiger partial charge in [0.15, 0.2) is 4.90 Å². The van der Waals surface area contributed by atoms with Crippen LogP contribution < -0.4 is 4.72 Å². The van der Waals surface area contributed by atoms with Crippen LogP contribution in [-0.2, 0) is 14.8 Å². The quantitative estimate of drug-likeness (QED) is 0.445. The van der Waals surface area contributed by atoms with Crippen molar-refractivity contribution in [2.24, 2.45) is 0 Å². The van der Waals surface area contributed by atoms with Gasteiger partial charge in [0.1, 0.15) is 0 Å². The Morgan fingerprint density at radius 2 is 2.10 bits per heavy atom. The molecule has 0 saturated carbocycles. The maximum atomic E-state index is 13.4. The first-order valence-electron chi connectivity index (χ1n) is 5.81. The van der Waals surface area contributed by atoms with Crippen LogP contribution in [0.5, 0.6) is 0 Å². The zero-order valence-electron chi connectivity index (χ0n) is 10.8. The Bertz CT molecular complexity index is 576. The van der Waals surface area contributed by atoms with Gasteiger partial charge < -0.3 is 4.74 Å². The molecule has 0 aliphatic carbocycles. The maximum Gasteiger partial charge on any atom is 0.324 e. The number of ether oxygens (including phenoxy) is 1. The molecule has 0 fully saturated rings. The molecule has 0 radical (unpaired) electrons. The summed E-state index contributed by atoms with van der Waals surface area (Å²) in [5.41, 5.74) is -1.04. The fourth-order valence-corrected chi connectivity index (χ4v) is 2.80. The molecule has 0 atom stereocenters. The first-order valence-corrected chi connectivity index (χ1v) is 7.30. The molecule has 1 aromatic carbocycles. The second-order valence-corrected chi connectivity index (χ2v) is 5.68. The summed E-state index contributed by atoms with van der Waals surface area (Å²) < 4.78 is 44.2. The molecule has 112 valence electrons. The number of unbranched alkanes of at least 4 members (excludes halogenated alkanes) is 1. The molecule has 0 heterocycles. The molecule has 1 N–H and O–H groups in total. The Labute approximate surface area is 115 Å². The first-order chi connectivity index (χ1) is 9.40. The maximum absolute atomic E-state index is 13.4. The third kappa shape index (κ3) is 4.22. The van der Waals surface area contributed by atoms with Crippen molar-refractivity contribution in [2.45, 2.75) is 17.7 Å². The van der Waals surface area contributed by atoms with Crippen LogP contribution in [0.2, 0.25) is 0 Å². The number of nitro groups is 1. The number of halogens is 1. The van der Waals surface area contributed by atoms with Gasteiger partial charge in [-0.25, -0.2) is 13.1 Å². The van der Waals surface area contributed by atoms with Crippen LogP contribution in [0.1, 0.15) is 12.8 Å². The first kappa shape index (κ1) is 16.5.